The molecule has 3 heterocycles. The van der Waals surface area contributed by atoms with Crippen LogP contribution in [0.1, 0.15) is 87.1 Å². The molecule has 0 aliphatic heterocycles. The molecule has 0 aliphatic rings. The highest BCUT2D eigenvalue weighted by atomic mass is 19.1. The summed E-state index contributed by atoms with van der Waals surface area (Å²) in [5.41, 5.74) is 12.8. The Balaban J connectivity index is 1.76. The largest absolute Gasteiger partial charge is 0.307 e. The SMILES string of the molecule is Cc1c(F)c2c3ccccc3n3c4cc(-c5c(C(C)C)cc(C(C)C)cc5C(C)C)cc5cc[n+](C)c(c(c1C)c23)c54. The van der Waals surface area contributed by atoms with Gasteiger partial charge in [-0.2, -0.15) is 0 Å². The number of para-hydroxylation sites is 1. The van der Waals surface area contributed by atoms with Crippen molar-refractivity contribution in [1.29, 1.82) is 0 Å². The van der Waals surface area contributed by atoms with E-state index in [-0.39, 0.29) is 5.82 Å². The first-order chi connectivity index (χ1) is 20.0. The first-order valence-corrected chi connectivity index (χ1v) is 15.4. The van der Waals surface area contributed by atoms with Gasteiger partial charge < -0.3 is 4.40 Å². The van der Waals surface area contributed by atoms with Crippen molar-refractivity contribution in [1.82, 2.24) is 4.40 Å². The Bertz CT molecular complexity index is 2180. The molecule has 0 saturated heterocycles. The minimum atomic E-state index is -0.107. The predicted octanol–water partition coefficient (Wildman–Crippen LogP) is 10.6. The molecule has 3 aromatic heterocycles. The molecule has 3 heteroatoms. The van der Waals surface area contributed by atoms with E-state index in [4.69, 9.17) is 0 Å². The lowest BCUT2D eigenvalue weighted by molar-refractivity contribution is -0.643. The van der Waals surface area contributed by atoms with Crippen molar-refractivity contribution >= 4 is 49.0 Å². The number of nitrogens with zero attached hydrogens (tertiary/aromatic N) is 2. The molecule has 0 amide bonds. The lowest BCUT2D eigenvalue weighted by atomic mass is 9.81. The molecular weight excluding hydrogens is 515 g/mol. The van der Waals surface area contributed by atoms with E-state index in [2.05, 4.69) is 119 Å². The molecule has 7 aromatic rings. The van der Waals surface area contributed by atoms with Gasteiger partial charge in [-0.15, -0.1) is 0 Å². The molecule has 0 saturated carbocycles. The second kappa shape index (κ2) is 9.26. The molecule has 7 rings (SSSR count). The lowest BCUT2D eigenvalue weighted by Crippen LogP contribution is -2.29. The van der Waals surface area contributed by atoms with Gasteiger partial charge in [0.1, 0.15) is 12.9 Å². The van der Waals surface area contributed by atoms with Gasteiger partial charge in [0.2, 0.25) is 5.52 Å². The van der Waals surface area contributed by atoms with E-state index in [0.717, 1.165) is 43.8 Å². The number of pyridine rings is 2. The van der Waals surface area contributed by atoms with Gasteiger partial charge in [0.15, 0.2) is 6.20 Å². The summed E-state index contributed by atoms with van der Waals surface area (Å²) in [4.78, 5) is 0. The van der Waals surface area contributed by atoms with Crippen LogP contribution >= 0.6 is 0 Å². The van der Waals surface area contributed by atoms with Gasteiger partial charge in [-0.25, -0.2) is 8.96 Å². The summed E-state index contributed by atoms with van der Waals surface area (Å²) in [5.74, 6) is 1.12. The molecule has 0 fully saturated rings. The Morgan fingerprint density at radius 3 is 2.02 bits per heavy atom. The average molecular weight is 556 g/mol. The van der Waals surface area contributed by atoms with Crippen LogP contribution in [0.15, 0.2) is 60.8 Å². The van der Waals surface area contributed by atoms with Crippen LogP contribution in [-0.4, -0.2) is 4.40 Å². The van der Waals surface area contributed by atoms with E-state index < -0.39 is 0 Å². The fraction of sp³-hybridized carbons (Fsp3) is 0.308. The van der Waals surface area contributed by atoms with Crippen molar-refractivity contribution in [3.63, 3.8) is 0 Å². The summed E-state index contributed by atoms with van der Waals surface area (Å²) >= 11 is 0. The maximum absolute atomic E-state index is 16.2. The van der Waals surface area contributed by atoms with E-state index in [9.17, 15) is 0 Å². The fourth-order valence-electron chi connectivity index (χ4n) is 7.35. The van der Waals surface area contributed by atoms with Gasteiger partial charge in [-0.3, -0.25) is 0 Å². The number of aryl methyl sites for hydroxylation is 2. The second-order valence-electron chi connectivity index (χ2n) is 13.3. The number of fused-ring (bicyclic) bond motifs is 5. The Morgan fingerprint density at radius 1 is 0.714 bits per heavy atom. The van der Waals surface area contributed by atoms with E-state index in [0.29, 0.717) is 17.8 Å². The monoisotopic (exact) mass is 555 g/mol. The normalized spacial score (nSPS) is 12.7. The topological polar surface area (TPSA) is 8.29 Å². The van der Waals surface area contributed by atoms with Crippen molar-refractivity contribution in [2.24, 2.45) is 7.05 Å². The average Bonchev–Trinajstić information content (AvgIpc) is 3.31. The van der Waals surface area contributed by atoms with Crippen LogP contribution in [0.25, 0.3) is 60.1 Å². The third kappa shape index (κ3) is 3.52. The van der Waals surface area contributed by atoms with Gasteiger partial charge in [0, 0.05) is 16.8 Å². The molecule has 0 spiro atoms. The zero-order chi connectivity index (χ0) is 29.8. The summed E-state index contributed by atoms with van der Waals surface area (Å²) in [6.45, 7) is 17.8. The molecule has 0 atom stereocenters. The smallest absolute Gasteiger partial charge is 0.224 e. The van der Waals surface area contributed by atoms with Crippen LogP contribution in [0.2, 0.25) is 0 Å². The summed E-state index contributed by atoms with van der Waals surface area (Å²) in [6, 6.07) is 20.2. The number of benzene rings is 4. The highest BCUT2D eigenvalue weighted by molar-refractivity contribution is 6.26. The Kier molecular flexibility index (Phi) is 5.93. The van der Waals surface area contributed by atoms with E-state index in [1.807, 2.05) is 13.0 Å². The third-order valence-electron chi connectivity index (χ3n) is 9.71. The molecule has 0 radical (unpaired) electrons. The number of aromatic nitrogens is 2. The minimum absolute atomic E-state index is 0.107. The van der Waals surface area contributed by atoms with Crippen molar-refractivity contribution in [2.45, 2.75) is 73.1 Å². The molecule has 0 unspecified atom stereocenters. The Morgan fingerprint density at radius 2 is 1.38 bits per heavy atom. The highest BCUT2D eigenvalue weighted by Crippen LogP contribution is 2.46. The first kappa shape index (κ1) is 26.9. The second-order valence-corrected chi connectivity index (χ2v) is 13.3. The van der Waals surface area contributed by atoms with Crippen LogP contribution in [0.5, 0.6) is 0 Å². The number of halogens is 1. The van der Waals surface area contributed by atoms with Crippen LogP contribution in [0, 0.1) is 19.7 Å². The quantitative estimate of drug-likeness (QED) is 0.116. The van der Waals surface area contributed by atoms with Crippen molar-refractivity contribution in [3.8, 4) is 11.1 Å². The molecular formula is C39H40FN2+. The minimum Gasteiger partial charge on any atom is -0.307 e. The number of rotatable bonds is 4. The van der Waals surface area contributed by atoms with Crippen molar-refractivity contribution < 1.29 is 8.96 Å². The highest BCUT2D eigenvalue weighted by Gasteiger charge is 2.28. The zero-order valence-electron chi connectivity index (χ0n) is 26.3. The maximum atomic E-state index is 16.2. The molecule has 42 heavy (non-hydrogen) atoms. The number of hydrogen-bond donors (Lipinski definition) is 0. The Labute approximate surface area is 247 Å². The van der Waals surface area contributed by atoms with Crippen molar-refractivity contribution in [3.05, 3.63) is 94.4 Å². The summed E-state index contributed by atoms with van der Waals surface area (Å²) < 4.78 is 20.8. The molecule has 4 aromatic carbocycles. The van der Waals surface area contributed by atoms with E-state index in [1.54, 1.807) is 0 Å². The van der Waals surface area contributed by atoms with Gasteiger partial charge in [0.05, 0.1) is 27.3 Å². The Hall–Kier alpha value is -3.98. The summed E-state index contributed by atoms with van der Waals surface area (Å²) in [6.07, 6.45) is 2.17. The molecule has 212 valence electrons. The fourth-order valence-corrected chi connectivity index (χ4v) is 7.35. The van der Waals surface area contributed by atoms with Crippen LogP contribution in [0.3, 0.4) is 0 Å². The van der Waals surface area contributed by atoms with Crippen molar-refractivity contribution in [2.75, 3.05) is 0 Å². The van der Waals surface area contributed by atoms with Gasteiger partial charge >= 0.3 is 0 Å². The van der Waals surface area contributed by atoms with Crippen LogP contribution in [-0.2, 0) is 7.05 Å². The summed E-state index contributed by atoms with van der Waals surface area (Å²) in [7, 11) is 2.12. The first-order valence-electron chi connectivity index (χ1n) is 15.4. The van der Waals surface area contributed by atoms with E-state index in [1.165, 1.54) is 44.1 Å². The lowest BCUT2D eigenvalue weighted by Gasteiger charge is -2.24. The van der Waals surface area contributed by atoms with Gasteiger partial charge in [-0.1, -0.05) is 71.9 Å². The molecule has 2 nitrogen and oxygen atoms in total. The molecule has 0 bridgehead atoms. The predicted molar refractivity (Wildman–Crippen MR) is 177 cm³/mol. The standard InChI is InChI=1S/C39H40FN2/c1-20(2)26-17-29(21(3)4)34(30(18-26)22(5)6)27-16-25-14-15-41(9)38-33-23(7)24(8)37(40)36-28-12-10-11-13-31(28)42(39(33)36)32(19-27)35(25)38/h10-22H,1-9H3/q+1. The molecule has 0 N–H and O–H groups in total. The number of hydrogen-bond acceptors (Lipinski definition) is 0. The van der Waals surface area contributed by atoms with Gasteiger partial charge in [0.25, 0.3) is 0 Å². The van der Waals surface area contributed by atoms with Gasteiger partial charge in [-0.05, 0) is 94.1 Å². The van der Waals surface area contributed by atoms with Crippen LogP contribution < -0.4 is 4.57 Å². The third-order valence-corrected chi connectivity index (χ3v) is 9.71. The zero-order valence-corrected chi connectivity index (χ0v) is 26.3. The maximum Gasteiger partial charge on any atom is 0.224 e. The summed E-state index contributed by atoms with van der Waals surface area (Å²) in [5, 5.41) is 5.27. The van der Waals surface area contributed by atoms with E-state index >= 15 is 4.39 Å². The van der Waals surface area contributed by atoms with Crippen LogP contribution in [0.4, 0.5) is 4.39 Å². The molecule has 0 aliphatic carbocycles.